The second kappa shape index (κ2) is 13.7. The third-order valence-electron chi connectivity index (χ3n) is 14.7. The predicted octanol–water partition coefficient (Wildman–Crippen LogP) is 15.3. The lowest BCUT2D eigenvalue weighted by Gasteiger charge is -2.42. The number of rotatable bonds is 6. The average Bonchev–Trinajstić information content (AvgIpc) is 3.83. The van der Waals surface area contributed by atoms with E-state index in [0.717, 1.165) is 22.6 Å². The van der Waals surface area contributed by atoms with E-state index in [0.29, 0.717) is 11.8 Å². The molecule has 8 aromatic carbocycles. The van der Waals surface area contributed by atoms with Crippen LogP contribution in [0.3, 0.4) is 0 Å². The fraction of sp³-hybridized carbons (Fsp3) is 0.172. The van der Waals surface area contributed by atoms with Crippen LogP contribution in [-0.2, 0) is 0 Å². The summed E-state index contributed by atoms with van der Waals surface area (Å²) in [7, 11) is 3.48. The highest BCUT2D eigenvalue weighted by molar-refractivity contribution is 6.17. The highest BCUT2D eigenvalue weighted by Crippen LogP contribution is 2.61. The van der Waals surface area contributed by atoms with Gasteiger partial charge in [-0.05, 0) is 164 Å². The molecule has 0 amide bonds. The third-order valence-corrected chi connectivity index (χ3v) is 14.7. The molecule has 2 aliphatic rings. The number of methoxy groups -OCH3 is 2. The Balaban J connectivity index is 1.21. The number of para-hydroxylation sites is 2. The van der Waals surface area contributed by atoms with Crippen LogP contribution in [0.25, 0.3) is 88.4 Å². The first-order valence-electron chi connectivity index (χ1n) is 22.0. The summed E-state index contributed by atoms with van der Waals surface area (Å²) >= 11 is 0. The molecule has 10 aromatic rings. The SMILES string of the molecule is COc1cccc(-c2ccc3c(c2)c2cc4c5c(c2n3-c2ccccc2)C(C)C(C)c2c-5c(cc3c5cc(-c6cccc(OC)c6)ccc5n(-c5ccccc5)c23)C(C)C4C)c1. The summed E-state index contributed by atoms with van der Waals surface area (Å²) in [6.45, 7) is 9.92. The smallest absolute Gasteiger partial charge is 0.119 e. The average molecular weight is 805 g/mol. The van der Waals surface area contributed by atoms with Gasteiger partial charge in [0.15, 0.2) is 0 Å². The van der Waals surface area contributed by atoms with Crippen LogP contribution in [0.1, 0.15) is 73.6 Å². The molecule has 0 fully saturated rings. The molecule has 4 atom stereocenters. The van der Waals surface area contributed by atoms with Gasteiger partial charge in [0.05, 0.1) is 36.3 Å². The van der Waals surface area contributed by atoms with Gasteiger partial charge in [-0.3, -0.25) is 0 Å². The van der Waals surface area contributed by atoms with Gasteiger partial charge in [-0.15, -0.1) is 0 Å². The van der Waals surface area contributed by atoms with Gasteiger partial charge in [-0.1, -0.05) is 100 Å². The van der Waals surface area contributed by atoms with Crippen molar-refractivity contribution in [1.82, 2.24) is 9.13 Å². The Morgan fingerprint density at radius 1 is 0.371 bits per heavy atom. The van der Waals surface area contributed by atoms with Crippen LogP contribution in [-0.4, -0.2) is 23.4 Å². The molecule has 0 bridgehead atoms. The van der Waals surface area contributed by atoms with E-state index in [1.807, 2.05) is 12.1 Å². The zero-order valence-corrected chi connectivity index (χ0v) is 36.0. The fourth-order valence-corrected chi connectivity index (χ4v) is 11.3. The summed E-state index contributed by atoms with van der Waals surface area (Å²) in [4.78, 5) is 0. The van der Waals surface area contributed by atoms with Crippen molar-refractivity contribution in [2.75, 3.05) is 14.2 Å². The molecular weight excluding hydrogens is 757 g/mol. The van der Waals surface area contributed by atoms with Crippen molar-refractivity contribution in [3.8, 4) is 56.3 Å². The molecule has 0 aliphatic heterocycles. The lowest BCUT2D eigenvalue weighted by Crippen LogP contribution is -2.24. The van der Waals surface area contributed by atoms with E-state index in [2.05, 4.69) is 182 Å². The molecule has 4 unspecified atom stereocenters. The summed E-state index contributed by atoms with van der Waals surface area (Å²) in [6.07, 6.45) is 0. The zero-order chi connectivity index (χ0) is 42.0. The molecule has 2 aliphatic carbocycles. The van der Waals surface area contributed by atoms with Gasteiger partial charge < -0.3 is 18.6 Å². The zero-order valence-electron chi connectivity index (χ0n) is 36.0. The summed E-state index contributed by atoms with van der Waals surface area (Å²) < 4.78 is 16.5. The van der Waals surface area contributed by atoms with Gasteiger partial charge in [0.1, 0.15) is 11.5 Å². The van der Waals surface area contributed by atoms with Crippen LogP contribution < -0.4 is 9.47 Å². The number of nitrogens with zero attached hydrogens (tertiary/aromatic N) is 2. The molecule has 62 heavy (non-hydrogen) atoms. The molecule has 2 aromatic heterocycles. The van der Waals surface area contributed by atoms with E-state index in [-0.39, 0.29) is 11.8 Å². The van der Waals surface area contributed by atoms with Crippen molar-refractivity contribution in [1.29, 1.82) is 0 Å². The molecule has 0 saturated carbocycles. The number of hydrogen-bond donors (Lipinski definition) is 0. The lowest BCUT2D eigenvalue weighted by molar-refractivity contribution is 0.415. The highest BCUT2D eigenvalue weighted by atomic mass is 16.5. The Hall–Kier alpha value is -7.04. The molecule has 0 N–H and O–H groups in total. The summed E-state index contributed by atoms with van der Waals surface area (Å²) in [6, 6.07) is 58.1. The maximum Gasteiger partial charge on any atom is 0.119 e. The molecule has 302 valence electrons. The number of benzene rings is 8. The number of fused-ring (bicyclic) bond motifs is 8. The van der Waals surface area contributed by atoms with Crippen molar-refractivity contribution in [2.45, 2.75) is 51.4 Å². The minimum Gasteiger partial charge on any atom is -0.497 e. The largest absolute Gasteiger partial charge is 0.497 e. The van der Waals surface area contributed by atoms with Gasteiger partial charge >= 0.3 is 0 Å². The van der Waals surface area contributed by atoms with E-state index in [1.54, 1.807) is 14.2 Å². The van der Waals surface area contributed by atoms with Crippen LogP contribution in [0.5, 0.6) is 11.5 Å². The Morgan fingerprint density at radius 2 is 0.774 bits per heavy atom. The molecule has 4 nitrogen and oxygen atoms in total. The van der Waals surface area contributed by atoms with Crippen LogP contribution in [0.2, 0.25) is 0 Å². The van der Waals surface area contributed by atoms with E-state index >= 15 is 0 Å². The summed E-state index contributed by atoms with van der Waals surface area (Å²) in [5, 5.41) is 5.23. The maximum atomic E-state index is 5.66. The van der Waals surface area contributed by atoms with E-state index in [4.69, 9.17) is 9.47 Å². The van der Waals surface area contributed by atoms with Gasteiger partial charge in [0, 0.05) is 32.9 Å². The Morgan fingerprint density at radius 3 is 1.18 bits per heavy atom. The minimum absolute atomic E-state index is 0.234. The second-order valence-corrected chi connectivity index (χ2v) is 17.7. The number of hydrogen-bond acceptors (Lipinski definition) is 2. The standard InChI is InChI=1S/C58H48N2O2/c1-33-34(2)46-32-50-48-30-40(38-16-14-22-44(28-38)62-6)24-26-52(48)60(42-19-11-8-12-20-42)58(50)54-36(4)35(3)53-55(56(46)54)45(33)31-49-47-29-39(37-15-13-21-43(27-37)61-5)23-25-51(47)59(57(49)53)41-17-9-7-10-18-41/h7-36H,1-6H3. The molecule has 12 rings (SSSR count). The fourth-order valence-electron chi connectivity index (χ4n) is 11.3. The molecule has 0 spiro atoms. The van der Waals surface area contributed by atoms with Crippen LogP contribution >= 0.6 is 0 Å². The first-order valence-corrected chi connectivity index (χ1v) is 22.0. The highest BCUT2D eigenvalue weighted by Gasteiger charge is 2.42. The van der Waals surface area contributed by atoms with Gasteiger partial charge in [0.25, 0.3) is 0 Å². The Bertz CT molecular complexity index is 3220. The van der Waals surface area contributed by atoms with Crippen molar-refractivity contribution in [2.24, 2.45) is 0 Å². The monoisotopic (exact) mass is 804 g/mol. The maximum absolute atomic E-state index is 5.66. The first-order chi connectivity index (χ1) is 30.3. The first kappa shape index (κ1) is 36.8. The predicted molar refractivity (Wildman–Crippen MR) is 258 cm³/mol. The van der Waals surface area contributed by atoms with E-state index in [9.17, 15) is 0 Å². The van der Waals surface area contributed by atoms with Crippen molar-refractivity contribution in [3.63, 3.8) is 0 Å². The molecule has 0 radical (unpaired) electrons. The second-order valence-electron chi connectivity index (χ2n) is 17.7. The van der Waals surface area contributed by atoms with Gasteiger partial charge in [-0.25, -0.2) is 0 Å². The van der Waals surface area contributed by atoms with Crippen LogP contribution in [0.4, 0.5) is 0 Å². The quantitative estimate of drug-likeness (QED) is 0.167. The van der Waals surface area contributed by atoms with Crippen molar-refractivity contribution in [3.05, 3.63) is 180 Å². The van der Waals surface area contributed by atoms with E-state index < -0.39 is 0 Å². The summed E-state index contributed by atoms with van der Waals surface area (Å²) in [5.74, 6) is 2.84. The number of aromatic nitrogens is 2. The summed E-state index contributed by atoms with van der Waals surface area (Å²) in [5.41, 5.74) is 21.0. The van der Waals surface area contributed by atoms with Crippen LogP contribution in [0, 0.1) is 0 Å². The third kappa shape index (κ3) is 5.13. The number of ether oxygens (including phenoxy) is 2. The Kier molecular flexibility index (Phi) is 8.15. The molecule has 2 heterocycles. The van der Waals surface area contributed by atoms with Crippen molar-refractivity contribution >= 4 is 43.6 Å². The van der Waals surface area contributed by atoms with Gasteiger partial charge in [0.2, 0.25) is 0 Å². The molecule has 4 heteroatoms. The molecule has 0 saturated heterocycles. The van der Waals surface area contributed by atoms with Crippen LogP contribution in [0.15, 0.2) is 158 Å². The van der Waals surface area contributed by atoms with E-state index in [1.165, 1.54) is 99.5 Å². The normalized spacial score (nSPS) is 17.8. The minimum atomic E-state index is 0.234. The van der Waals surface area contributed by atoms with Crippen molar-refractivity contribution < 1.29 is 9.47 Å². The van der Waals surface area contributed by atoms with Gasteiger partial charge in [-0.2, -0.15) is 0 Å². The Labute approximate surface area is 362 Å². The lowest BCUT2D eigenvalue weighted by atomic mass is 9.62. The topological polar surface area (TPSA) is 28.3 Å². The molecular formula is C58H48N2O2.